The van der Waals surface area contributed by atoms with Crippen LogP contribution in [0.2, 0.25) is 0 Å². The van der Waals surface area contributed by atoms with Crippen LogP contribution >= 0.6 is 0 Å². The molecule has 0 fully saturated rings. The molecular formula is C19H28O2. The fraction of sp³-hybridized carbons (Fsp3) is 0.579. The van der Waals surface area contributed by atoms with Gasteiger partial charge in [0.2, 0.25) is 0 Å². The zero-order chi connectivity index (χ0) is 15.8. The Balaban J connectivity index is 2.66. The molecule has 0 unspecified atom stereocenters. The molecule has 0 bridgehead atoms. The van der Waals surface area contributed by atoms with E-state index in [0.29, 0.717) is 12.4 Å². The van der Waals surface area contributed by atoms with Crippen molar-refractivity contribution in [3.63, 3.8) is 0 Å². The number of phenols is 1. The SMILES string of the molecule is CC(C)(C)c1cc(C2=CCOCC2)c(O)c(C(C)(C)C)c1. The molecule has 1 aliphatic heterocycles. The number of phenolic OH excluding ortho intramolecular Hbond substituents is 1. The highest BCUT2D eigenvalue weighted by molar-refractivity contribution is 5.73. The van der Waals surface area contributed by atoms with E-state index in [9.17, 15) is 5.11 Å². The molecular weight excluding hydrogens is 260 g/mol. The van der Waals surface area contributed by atoms with E-state index in [2.05, 4.69) is 59.8 Å². The Kier molecular flexibility index (Phi) is 4.21. The molecule has 2 nitrogen and oxygen atoms in total. The molecule has 1 aliphatic rings. The fourth-order valence-corrected chi connectivity index (χ4v) is 2.66. The summed E-state index contributed by atoms with van der Waals surface area (Å²) in [5.74, 6) is 0.434. The summed E-state index contributed by atoms with van der Waals surface area (Å²) in [5.41, 5.74) is 4.47. The second kappa shape index (κ2) is 5.49. The van der Waals surface area contributed by atoms with Gasteiger partial charge in [-0.1, -0.05) is 53.7 Å². The quantitative estimate of drug-likeness (QED) is 0.805. The van der Waals surface area contributed by atoms with Crippen LogP contribution in [-0.2, 0) is 15.6 Å². The number of hydrogen-bond donors (Lipinski definition) is 1. The molecule has 1 heterocycles. The first kappa shape index (κ1) is 16.1. The van der Waals surface area contributed by atoms with Gasteiger partial charge in [0.15, 0.2) is 0 Å². The van der Waals surface area contributed by atoms with E-state index in [4.69, 9.17) is 4.74 Å². The molecule has 0 atom stereocenters. The summed E-state index contributed by atoms with van der Waals surface area (Å²) < 4.78 is 5.40. The van der Waals surface area contributed by atoms with Gasteiger partial charge in [0, 0.05) is 11.1 Å². The van der Waals surface area contributed by atoms with Crippen molar-refractivity contribution in [2.75, 3.05) is 13.2 Å². The maximum atomic E-state index is 10.8. The van der Waals surface area contributed by atoms with Crippen LogP contribution in [-0.4, -0.2) is 18.3 Å². The smallest absolute Gasteiger partial charge is 0.126 e. The van der Waals surface area contributed by atoms with Crippen molar-refractivity contribution < 1.29 is 9.84 Å². The predicted octanol–water partition coefficient (Wildman–Crippen LogP) is 4.79. The summed E-state index contributed by atoms with van der Waals surface area (Å²) in [6.45, 7) is 14.5. The average Bonchev–Trinajstić information content (AvgIpc) is 2.37. The fourth-order valence-electron chi connectivity index (χ4n) is 2.66. The third-order valence-corrected chi connectivity index (χ3v) is 4.09. The molecule has 1 N–H and O–H groups in total. The summed E-state index contributed by atoms with van der Waals surface area (Å²) in [4.78, 5) is 0. The lowest BCUT2D eigenvalue weighted by molar-refractivity contribution is 0.161. The molecule has 1 aromatic rings. The Morgan fingerprint density at radius 2 is 1.67 bits per heavy atom. The highest BCUT2D eigenvalue weighted by atomic mass is 16.5. The van der Waals surface area contributed by atoms with Crippen LogP contribution in [0.3, 0.4) is 0 Å². The van der Waals surface area contributed by atoms with Crippen molar-refractivity contribution in [2.45, 2.75) is 58.8 Å². The molecule has 0 amide bonds. The average molecular weight is 288 g/mol. The van der Waals surface area contributed by atoms with Crippen molar-refractivity contribution in [3.8, 4) is 5.75 Å². The predicted molar refractivity (Wildman–Crippen MR) is 88.9 cm³/mol. The summed E-state index contributed by atoms with van der Waals surface area (Å²) in [7, 11) is 0. The normalized spacial score (nSPS) is 16.8. The van der Waals surface area contributed by atoms with Gasteiger partial charge in [-0.3, -0.25) is 0 Å². The summed E-state index contributed by atoms with van der Waals surface area (Å²) in [5, 5.41) is 10.8. The molecule has 2 heteroatoms. The number of benzene rings is 1. The minimum absolute atomic E-state index is 0.0637. The Morgan fingerprint density at radius 1 is 1.00 bits per heavy atom. The van der Waals surface area contributed by atoms with Crippen LogP contribution in [0.1, 0.15) is 64.7 Å². The van der Waals surface area contributed by atoms with E-state index in [1.165, 1.54) is 11.1 Å². The molecule has 0 spiro atoms. The molecule has 0 aliphatic carbocycles. The third kappa shape index (κ3) is 3.49. The molecule has 0 saturated heterocycles. The Labute approximate surface area is 128 Å². The van der Waals surface area contributed by atoms with Gasteiger partial charge in [0.1, 0.15) is 5.75 Å². The maximum absolute atomic E-state index is 10.8. The monoisotopic (exact) mass is 288 g/mol. The summed E-state index contributed by atoms with van der Waals surface area (Å²) in [6.07, 6.45) is 2.96. The topological polar surface area (TPSA) is 29.5 Å². The van der Waals surface area contributed by atoms with Gasteiger partial charge >= 0.3 is 0 Å². The lowest BCUT2D eigenvalue weighted by atomic mass is 9.78. The molecule has 116 valence electrons. The summed E-state index contributed by atoms with van der Waals surface area (Å²) in [6, 6.07) is 4.32. The van der Waals surface area contributed by atoms with Gasteiger partial charge < -0.3 is 9.84 Å². The molecule has 21 heavy (non-hydrogen) atoms. The molecule has 0 saturated carbocycles. The van der Waals surface area contributed by atoms with Crippen LogP contribution in [0.15, 0.2) is 18.2 Å². The van der Waals surface area contributed by atoms with Gasteiger partial charge in [-0.25, -0.2) is 0 Å². The van der Waals surface area contributed by atoms with Gasteiger partial charge in [0.25, 0.3) is 0 Å². The highest BCUT2D eigenvalue weighted by Crippen LogP contribution is 2.41. The number of aromatic hydroxyl groups is 1. The highest BCUT2D eigenvalue weighted by Gasteiger charge is 2.26. The van der Waals surface area contributed by atoms with Crippen LogP contribution in [0.4, 0.5) is 0 Å². The number of ether oxygens (including phenoxy) is 1. The minimum Gasteiger partial charge on any atom is -0.507 e. The van der Waals surface area contributed by atoms with E-state index in [0.717, 1.165) is 24.2 Å². The third-order valence-electron chi connectivity index (χ3n) is 4.09. The zero-order valence-electron chi connectivity index (χ0n) is 14.2. The summed E-state index contributed by atoms with van der Waals surface area (Å²) >= 11 is 0. The second-order valence-electron chi connectivity index (χ2n) is 7.97. The van der Waals surface area contributed by atoms with E-state index in [1.807, 2.05) is 0 Å². The first-order valence-corrected chi connectivity index (χ1v) is 7.76. The van der Waals surface area contributed by atoms with E-state index in [-0.39, 0.29) is 10.8 Å². The first-order valence-electron chi connectivity index (χ1n) is 7.76. The first-order chi connectivity index (χ1) is 9.60. The largest absolute Gasteiger partial charge is 0.507 e. The van der Waals surface area contributed by atoms with Crippen molar-refractivity contribution in [2.24, 2.45) is 0 Å². The van der Waals surface area contributed by atoms with Gasteiger partial charge in [-0.15, -0.1) is 0 Å². The van der Waals surface area contributed by atoms with E-state index >= 15 is 0 Å². The molecule has 0 radical (unpaired) electrons. The maximum Gasteiger partial charge on any atom is 0.126 e. The van der Waals surface area contributed by atoms with Crippen molar-refractivity contribution in [3.05, 3.63) is 34.9 Å². The van der Waals surface area contributed by atoms with Crippen LogP contribution in [0, 0.1) is 0 Å². The van der Waals surface area contributed by atoms with Crippen molar-refractivity contribution in [1.82, 2.24) is 0 Å². The number of hydrogen-bond acceptors (Lipinski definition) is 2. The lowest BCUT2D eigenvalue weighted by Gasteiger charge is -2.28. The van der Waals surface area contributed by atoms with Crippen molar-refractivity contribution in [1.29, 1.82) is 0 Å². The van der Waals surface area contributed by atoms with Crippen LogP contribution in [0.25, 0.3) is 5.57 Å². The van der Waals surface area contributed by atoms with Gasteiger partial charge in [-0.2, -0.15) is 0 Å². The molecule has 1 aromatic carbocycles. The Morgan fingerprint density at radius 3 is 2.14 bits per heavy atom. The lowest BCUT2D eigenvalue weighted by Crippen LogP contribution is -2.18. The molecule has 0 aromatic heterocycles. The van der Waals surface area contributed by atoms with Crippen molar-refractivity contribution >= 4 is 5.57 Å². The minimum atomic E-state index is -0.0776. The van der Waals surface area contributed by atoms with E-state index in [1.54, 1.807) is 0 Å². The van der Waals surface area contributed by atoms with Gasteiger partial charge in [-0.05, 0) is 34.5 Å². The van der Waals surface area contributed by atoms with Gasteiger partial charge in [0.05, 0.1) is 13.2 Å². The Hall–Kier alpha value is -1.28. The van der Waals surface area contributed by atoms with E-state index < -0.39 is 0 Å². The number of rotatable bonds is 1. The molecule has 2 rings (SSSR count). The zero-order valence-corrected chi connectivity index (χ0v) is 14.2. The Bertz CT molecular complexity index is 554. The second-order valence-corrected chi connectivity index (χ2v) is 7.97. The van der Waals surface area contributed by atoms with Crippen LogP contribution < -0.4 is 0 Å². The van der Waals surface area contributed by atoms with Crippen LogP contribution in [0.5, 0.6) is 5.75 Å². The standard InChI is InChI=1S/C19H28O2/c1-18(2,3)14-11-15(13-7-9-21-10-8-13)17(20)16(12-14)19(4,5)6/h7,11-12,20H,8-10H2,1-6H3.